The Morgan fingerprint density at radius 2 is 2.24 bits per heavy atom. The minimum Gasteiger partial charge on any atom is -0.336 e. The van der Waals surface area contributed by atoms with Crippen molar-refractivity contribution < 1.29 is 8.78 Å². The second-order valence-electron chi connectivity index (χ2n) is 3.19. The standard InChI is InChI=1S/C9H8ClF2N5/c10-7-2-13-5-14-9(7)16-6-1-15-17(3-6)4-8(11)12/h1-3,5,8H,4H2,(H,13,14,16). The van der Waals surface area contributed by atoms with Gasteiger partial charge in [-0.15, -0.1) is 0 Å². The van der Waals surface area contributed by atoms with E-state index in [0.29, 0.717) is 16.5 Å². The summed E-state index contributed by atoms with van der Waals surface area (Å²) in [6, 6.07) is 0. The lowest BCUT2D eigenvalue weighted by Crippen LogP contribution is -2.06. The first-order valence-electron chi connectivity index (χ1n) is 4.68. The van der Waals surface area contributed by atoms with Crippen LogP contribution in [-0.4, -0.2) is 26.2 Å². The van der Waals surface area contributed by atoms with Crippen molar-refractivity contribution in [3.8, 4) is 0 Å². The van der Waals surface area contributed by atoms with Gasteiger partial charge in [0.2, 0.25) is 0 Å². The Hall–Kier alpha value is -1.76. The SMILES string of the molecule is FC(F)Cn1cc(Nc2ncncc2Cl)cn1. The van der Waals surface area contributed by atoms with Crippen molar-refractivity contribution in [2.45, 2.75) is 13.0 Å². The molecule has 0 atom stereocenters. The maximum absolute atomic E-state index is 12.1. The van der Waals surface area contributed by atoms with Gasteiger partial charge in [0.15, 0.2) is 5.82 Å². The molecule has 90 valence electrons. The Balaban J connectivity index is 2.09. The van der Waals surface area contributed by atoms with E-state index in [9.17, 15) is 8.78 Å². The summed E-state index contributed by atoms with van der Waals surface area (Å²) in [7, 11) is 0. The van der Waals surface area contributed by atoms with E-state index in [0.717, 1.165) is 4.68 Å². The van der Waals surface area contributed by atoms with Gasteiger partial charge in [0.05, 0.1) is 18.1 Å². The Kier molecular flexibility index (Phi) is 3.48. The molecule has 1 N–H and O–H groups in total. The normalized spacial score (nSPS) is 10.8. The Morgan fingerprint density at radius 3 is 2.94 bits per heavy atom. The molecule has 0 saturated carbocycles. The van der Waals surface area contributed by atoms with Crippen molar-refractivity contribution in [3.63, 3.8) is 0 Å². The number of nitrogens with one attached hydrogen (secondary N) is 1. The van der Waals surface area contributed by atoms with E-state index in [4.69, 9.17) is 11.6 Å². The highest BCUT2D eigenvalue weighted by molar-refractivity contribution is 6.32. The molecule has 0 unspecified atom stereocenters. The Morgan fingerprint density at radius 1 is 1.41 bits per heavy atom. The molecule has 5 nitrogen and oxygen atoms in total. The summed E-state index contributed by atoms with van der Waals surface area (Å²) in [6.45, 7) is -0.445. The molecule has 2 rings (SSSR count). The predicted molar refractivity (Wildman–Crippen MR) is 58.6 cm³/mol. The van der Waals surface area contributed by atoms with Gasteiger partial charge in [0.1, 0.15) is 17.9 Å². The summed E-state index contributed by atoms with van der Waals surface area (Å²) in [4.78, 5) is 7.63. The molecule has 0 aromatic carbocycles. The zero-order valence-corrected chi connectivity index (χ0v) is 9.27. The second kappa shape index (κ2) is 5.05. The van der Waals surface area contributed by atoms with Crippen LogP contribution in [0, 0.1) is 0 Å². The third-order valence-electron chi connectivity index (χ3n) is 1.89. The summed E-state index contributed by atoms with van der Waals surface area (Å²) in [5.74, 6) is 0.401. The van der Waals surface area contributed by atoms with Crippen LogP contribution in [0.25, 0.3) is 0 Å². The first-order valence-corrected chi connectivity index (χ1v) is 5.06. The number of anilines is 2. The first kappa shape index (κ1) is 11.7. The molecule has 0 amide bonds. The minimum absolute atomic E-state index is 0.342. The third kappa shape index (κ3) is 3.10. The van der Waals surface area contributed by atoms with E-state index in [1.165, 1.54) is 24.9 Å². The molecule has 0 spiro atoms. The van der Waals surface area contributed by atoms with Crippen LogP contribution in [0.3, 0.4) is 0 Å². The number of aromatic nitrogens is 4. The van der Waals surface area contributed by atoms with Crippen molar-refractivity contribution in [1.82, 2.24) is 19.7 Å². The van der Waals surface area contributed by atoms with Crippen LogP contribution in [-0.2, 0) is 6.54 Å². The topological polar surface area (TPSA) is 55.6 Å². The maximum Gasteiger partial charge on any atom is 0.257 e. The molecule has 2 aromatic rings. The quantitative estimate of drug-likeness (QED) is 0.916. The van der Waals surface area contributed by atoms with Crippen molar-refractivity contribution in [3.05, 3.63) is 29.9 Å². The number of hydrogen-bond donors (Lipinski definition) is 1. The number of alkyl halides is 2. The van der Waals surface area contributed by atoms with Gasteiger partial charge in [0, 0.05) is 6.20 Å². The Bertz CT molecular complexity index is 502. The van der Waals surface area contributed by atoms with Crippen molar-refractivity contribution in [1.29, 1.82) is 0 Å². The van der Waals surface area contributed by atoms with Crippen LogP contribution in [0.15, 0.2) is 24.9 Å². The van der Waals surface area contributed by atoms with Crippen LogP contribution >= 0.6 is 11.6 Å². The fourth-order valence-corrected chi connectivity index (χ4v) is 1.36. The lowest BCUT2D eigenvalue weighted by Gasteiger charge is -2.03. The van der Waals surface area contributed by atoms with Gasteiger partial charge in [0.25, 0.3) is 6.43 Å². The fourth-order valence-electron chi connectivity index (χ4n) is 1.21. The van der Waals surface area contributed by atoms with Crippen LogP contribution in [0.2, 0.25) is 5.02 Å². The van der Waals surface area contributed by atoms with Gasteiger partial charge in [-0.1, -0.05) is 11.6 Å². The van der Waals surface area contributed by atoms with E-state index in [1.807, 2.05) is 0 Å². The fraction of sp³-hybridized carbons (Fsp3) is 0.222. The third-order valence-corrected chi connectivity index (χ3v) is 2.17. The summed E-state index contributed by atoms with van der Waals surface area (Å²) in [6.07, 6.45) is 3.19. The lowest BCUT2D eigenvalue weighted by atomic mass is 10.5. The van der Waals surface area contributed by atoms with E-state index >= 15 is 0 Å². The molecule has 0 radical (unpaired) electrons. The van der Waals surface area contributed by atoms with Crippen molar-refractivity contribution in [2.24, 2.45) is 0 Å². The molecular formula is C9H8ClF2N5. The van der Waals surface area contributed by atoms with Gasteiger partial charge in [-0.05, 0) is 0 Å². The van der Waals surface area contributed by atoms with Gasteiger partial charge in [-0.2, -0.15) is 5.10 Å². The summed E-state index contributed by atoms with van der Waals surface area (Å²) in [5, 5.41) is 6.97. The zero-order valence-electron chi connectivity index (χ0n) is 8.52. The molecule has 8 heteroatoms. The van der Waals surface area contributed by atoms with Crippen LogP contribution < -0.4 is 5.32 Å². The van der Waals surface area contributed by atoms with E-state index < -0.39 is 13.0 Å². The summed E-state index contributed by atoms with van der Waals surface area (Å²) < 4.78 is 25.3. The monoisotopic (exact) mass is 259 g/mol. The Labute approximate surface area is 100 Å². The minimum atomic E-state index is -2.44. The zero-order chi connectivity index (χ0) is 12.3. The van der Waals surface area contributed by atoms with Crippen molar-refractivity contribution >= 4 is 23.1 Å². The molecule has 0 aliphatic carbocycles. The smallest absolute Gasteiger partial charge is 0.257 e. The molecule has 2 aromatic heterocycles. The maximum atomic E-state index is 12.1. The van der Waals surface area contributed by atoms with Gasteiger partial charge in [-0.25, -0.2) is 18.7 Å². The molecular weight excluding hydrogens is 252 g/mol. The molecule has 0 bridgehead atoms. The van der Waals surface area contributed by atoms with Crippen LogP contribution in [0.1, 0.15) is 0 Å². The van der Waals surface area contributed by atoms with Crippen molar-refractivity contribution in [2.75, 3.05) is 5.32 Å². The van der Waals surface area contributed by atoms with Crippen LogP contribution in [0.5, 0.6) is 0 Å². The molecule has 2 heterocycles. The van der Waals surface area contributed by atoms with Crippen LogP contribution in [0.4, 0.5) is 20.3 Å². The molecule has 0 aliphatic heterocycles. The average Bonchev–Trinajstić information content (AvgIpc) is 2.68. The highest BCUT2D eigenvalue weighted by Crippen LogP contribution is 2.20. The predicted octanol–water partition coefficient (Wildman–Crippen LogP) is 2.34. The molecule has 0 fully saturated rings. The molecule has 0 aliphatic rings. The van der Waals surface area contributed by atoms with E-state index in [-0.39, 0.29) is 0 Å². The number of nitrogens with zero attached hydrogens (tertiary/aromatic N) is 4. The largest absolute Gasteiger partial charge is 0.336 e. The number of hydrogen-bond acceptors (Lipinski definition) is 4. The second-order valence-corrected chi connectivity index (χ2v) is 3.59. The highest BCUT2D eigenvalue weighted by Gasteiger charge is 2.07. The highest BCUT2D eigenvalue weighted by atomic mass is 35.5. The molecule has 17 heavy (non-hydrogen) atoms. The first-order chi connectivity index (χ1) is 8.15. The molecule has 0 saturated heterocycles. The van der Waals surface area contributed by atoms with Gasteiger partial charge < -0.3 is 5.32 Å². The van der Waals surface area contributed by atoms with Gasteiger partial charge >= 0.3 is 0 Å². The average molecular weight is 260 g/mol. The number of rotatable bonds is 4. The van der Waals surface area contributed by atoms with E-state index in [2.05, 4.69) is 20.4 Å². The van der Waals surface area contributed by atoms with Gasteiger partial charge in [-0.3, -0.25) is 4.68 Å². The summed E-state index contributed by atoms with van der Waals surface area (Å²) >= 11 is 5.83. The van der Waals surface area contributed by atoms with E-state index in [1.54, 1.807) is 0 Å². The lowest BCUT2D eigenvalue weighted by molar-refractivity contribution is 0.122. The summed E-state index contributed by atoms with van der Waals surface area (Å²) in [5.41, 5.74) is 0.534. The number of halogens is 3.